The van der Waals surface area contributed by atoms with Gasteiger partial charge in [-0.15, -0.1) is 0 Å². The third-order valence-electron chi connectivity index (χ3n) is 4.79. The Morgan fingerprint density at radius 3 is 2.59 bits per heavy atom. The van der Waals surface area contributed by atoms with Gasteiger partial charge in [-0.3, -0.25) is 0 Å². The van der Waals surface area contributed by atoms with Gasteiger partial charge in [0.2, 0.25) is 10.0 Å². The van der Waals surface area contributed by atoms with Crippen LogP contribution in [0.3, 0.4) is 0 Å². The maximum absolute atomic E-state index is 13.0. The predicted octanol–water partition coefficient (Wildman–Crippen LogP) is 3.08. The molecule has 4 rings (SSSR count). The lowest BCUT2D eigenvalue weighted by molar-refractivity contribution is 0.00701. The van der Waals surface area contributed by atoms with E-state index in [0.29, 0.717) is 55.9 Å². The molecule has 7 nitrogen and oxygen atoms in total. The first-order chi connectivity index (χ1) is 14.0. The van der Waals surface area contributed by atoms with E-state index >= 15 is 0 Å². The minimum absolute atomic E-state index is 0.0185. The topological polar surface area (TPSA) is 81.6 Å². The summed E-state index contributed by atoms with van der Waals surface area (Å²) >= 11 is 1.01. The third kappa shape index (κ3) is 4.55. The molecular weight excluding hydrogens is 417 g/mol. The summed E-state index contributed by atoms with van der Waals surface area (Å²) in [6.45, 7) is 1.51. The number of aromatic nitrogens is 2. The lowest BCUT2D eigenvalue weighted by Gasteiger charge is -2.31. The van der Waals surface area contributed by atoms with Gasteiger partial charge in [-0.1, -0.05) is 6.07 Å². The molecule has 0 unspecified atom stereocenters. The molecule has 0 amide bonds. The Kier molecular flexibility index (Phi) is 6.04. The minimum atomic E-state index is -3.62. The molecular formula is C19H20FN3O4S2. The molecule has 0 saturated carbocycles. The Labute approximate surface area is 172 Å². The summed E-state index contributed by atoms with van der Waals surface area (Å²) in [5.74, 6) is 0.277. The highest BCUT2D eigenvalue weighted by Gasteiger charge is 2.31. The van der Waals surface area contributed by atoms with Crippen molar-refractivity contribution < 1.29 is 22.3 Å². The normalized spacial score (nSPS) is 16.3. The standard InChI is InChI=1S/C19H20FN3O4S2/c20-14-4-6-15(7-5-14)26-12-13-27-16-8-10-23(11-9-16)29(24,25)18-3-1-2-17-19(18)22-28-21-17/h1-7,16H,8-13H2. The first kappa shape index (κ1) is 20.1. The van der Waals surface area contributed by atoms with E-state index in [0.717, 1.165) is 11.7 Å². The fourth-order valence-electron chi connectivity index (χ4n) is 3.27. The number of piperidine rings is 1. The van der Waals surface area contributed by atoms with Gasteiger partial charge in [-0.2, -0.15) is 13.1 Å². The number of hydrogen-bond acceptors (Lipinski definition) is 7. The number of hydrogen-bond donors (Lipinski definition) is 0. The van der Waals surface area contributed by atoms with Crippen LogP contribution >= 0.6 is 11.7 Å². The molecule has 3 aromatic rings. The highest BCUT2D eigenvalue weighted by molar-refractivity contribution is 7.89. The zero-order chi connectivity index (χ0) is 20.3. The molecule has 2 heterocycles. The van der Waals surface area contributed by atoms with Crippen molar-refractivity contribution in [1.82, 2.24) is 13.1 Å². The summed E-state index contributed by atoms with van der Waals surface area (Å²) in [5.41, 5.74) is 1.02. The fourth-order valence-corrected chi connectivity index (χ4v) is 5.50. The first-order valence-corrected chi connectivity index (χ1v) is 11.4. The summed E-state index contributed by atoms with van der Waals surface area (Å²) in [6.07, 6.45) is 1.21. The number of nitrogens with zero attached hydrogens (tertiary/aromatic N) is 3. The van der Waals surface area contributed by atoms with Gasteiger partial charge in [0.1, 0.15) is 34.1 Å². The van der Waals surface area contributed by atoms with Crippen molar-refractivity contribution in [3.63, 3.8) is 0 Å². The van der Waals surface area contributed by atoms with Crippen LogP contribution in [0.5, 0.6) is 5.75 Å². The third-order valence-corrected chi connectivity index (χ3v) is 7.26. The van der Waals surface area contributed by atoms with Crippen LogP contribution in [0.2, 0.25) is 0 Å². The molecule has 0 bridgehead atoms. The quantitative estimate of drug-likeness (QED) is 0.529. The summed E-state index contributed by atoms with van der Waals surface area (Å²) in [4.78, 5) is 0.204. The average Bonchev–Trinajstić information content (AvgIpc) is 3.22. The molecule has 29 heavy (non-hydrogen) atoms. The molecule has 0 spiro atoms. The maximum Gasteiger partial charge on any atom is 0.245 e. The van der Waals surface area contributed by atoms with Crippen LogP contribution in [-0.4, -0.2) is 53.9 Å². The monoisotopic (exact) mass is 437 g/mol. The van der Waals surface area contributed by atoms with Gasteiger partial charge in [0.25, 0.3) is 0 Å². The SMILES string of the molecule is O=S(=O)(c1cccc2nsnc12)N1CCC(OCCOc2ccc(F)cc2)CC1. The molecule has 1 fully saturated rings. The molecule has 1 aliphatic heterocycles. The summed E-state index contributed by atoms with van der Waals surface area (Å²) in [5, 5.41) is 0. The maximum atomic E-state index is 13.0. The Hall–Kier alpha value is -2.14. The number of rotatable bonds is 7. The molecule has 0 N–H and O–H groups in total. The second-order valence-corrected chi connectivity index (χ2v) is 9.10. The molecule has 1 aromatic heterocycles. The largest absolute Gasteiger partial charge is 0.491 e. The van der Waals surface area contributed by atoms with E-state index < -0.39 is 10.0 Å². The summed E-state index contributed by atoms with van der Waals surface area (Å²) < 4.78 is 60.0. The second-order valence-electron chi connectivity index (χ2n) is 6.66. The van der Waals surface area contributed by atoms with E-state index in [1.54, 1.807) is 30.3 Å². The lowest BCUT2D eigenvalue weighted by atomic mass is 10.1. The van der Waals surface area contributed by atoms with Crippen LogP contribution in [0.1, 0.15) is 12.8 Å². The van der Waals surface area contributed by atoms with Gasteiger partial charge >= 0.3 is 0 Å². The van der Waals surface area contributed by atoms with Crippen molar-refractivity contribution in [2.75, 3.05) is 26.3 Å². The molecule has 1 saturated heterocycles. The highest BCUT2D eigenvalue weighted by Crippen LogP contribution is 2.27. The predicted molar refractivity (Wildman–Crippen MR) is 107 cm³/mol. The number of ether oxygens (including phenoxy) is 2. The van der Waals surface area contributed by atoms with Crippen molar-refractivity contribution in [3.05, 3.63) is 48.3 Å². The van der Waals surface area contributed by atoms with Crippen molar-refractivity contribution in [1.29, 1.82) is 0 Å². The Morgan fingerprint density at radius 2 is 1.83 bits per heavy atom. The van der Waals surface area contributed by atoms with Crippen molar-refractivity contribution in [3.8, 4) is 5.75 Å². The van der Waals surface area contributed by atoms with Crippen LogP contribution in [0.4, 0.5) is 4.39 Å². The number of sulfonamides is 1. The number of fused-ring (bicyclic) bond motifs is 1. The van der Waals surface area contributed by atoms with Crippen LogP contribution in [0.15, 0.2) is 47.4 Å². The van der Waals surface area contributed by atoms with Gasteiger partial charge in [0.05, 0.1) is 24.4 Å². The van der Waals surface area contributed by atoms with E-state index in [4.69, 9.17) is 9.47 Å². The number of halogens is 1. The molecule has 10 heteroatoms. The Bertz CT molecular complexity index is 1060. The van der Waals surface area contributed by atoms with Crippen LogP contribution < -0.4 is 4.74 Å². The zero-order valence-corrected chi connectivity index (χ0v) is 17.2. The Morgan fingerprint density at radius 1 is 1.07 bits per heavy atom. The van der Waals surface area contributed by atoms with Crippen molar-refractivity contribution in [2.45, 2.75) is 23.8 Å². The first-order valence-electron chi connectivity index (χ1n) is 9.25. The van der Waals surface area contributed by atoms with Gasteiger partial charge < -0.3 is 9.47 Å². The van der Waals surface area contributed by atoms with E-state index in [1.807, 2.05) is 0 Å². The van der Waals surface area contributed by atoms with Gasteiger partial charge in [-0.05, 0) is 49.2 Å². The summed E-state index contributed by atoms with van der Waals surface area (Å²) in [7, 11) is -3.62. The zero-order valence-electron chi connectivity index (χ0n) is 15.5. The molecule has 154 valence electrons. The van der Waals surface area contributed by atoms with Gasteiger partial charge in [0.15, 0.2) is 0 Å². The molecule has 0 atom stereocenters. The summed E-state index contributed by atoms with van der Waals surface area (Å²) in [6, 6.07) is 10.8. The Balaban J connectivity index is 1.28. The fraction of sp³-hybridized carbons (Fsp3) is 0.368. The smallest absolute Gasteiger partial charge is 0.245 e. The number of benzene rings is 2. The van der Waals surface area contributed by atoms with Crippen molar-refractivity contribution in [2.24, 2.45) is 0 Å². The lowest BCUT2D eigenvalue weighted by Crippen LogP contribution is -2.41. The molecule has 0 aliphatic carbocycles. The molecule has 2 aromatic carbocycles. The van der Waals surface area contributed by atoms with Crippen LogP contribution in [0, 0.1) is 5.82 Å². The van der Waals surface area contributed by atoms with E-state index in [9.17, 15) is 12.8 Å². The van der Waals surface area contributed by atoms with E-state index in [-0.39, 0.29) is 16.8 Å². The minimum Gasteiger partial charge on any atom is -0.491 e. The van der Waals surface area contributed by atoms with Crippen molar-refractivity contribution >= 4 is 32.8 Å². The van der Waals surface area contributed by atoms with Crippen LogP contribution in [0.25, 0.3) is 11.0 Å². The van der Waals surface area contributed by atoms with E-state index in [1.165, 1.54) is 16.4 Å². The molecule has 0 radical (unpaired) electrons. The van der Waals surface area contributed by atoms with Gasteiger partial charge in [-0.25, -0.2) is 12.8 Å². The second kappa shape index (κ2) is 8.70. The van der Waals surface area contributed by atoms with Crippen LogP contribution in [-0.2, 0) is 14.8 Å². The molecule has 1 aliphatic rings. The van der Waals surface area contributed by atoms with Gasteiger partial charge in [0, 0.05) is 13.1 Å². The highest BCUT2D eigenvalue weighted by atomic mass is 32.2. The van der Waals surface area contributed by atoms with E-state index in [2.05, 4.69) is 8.75 Å². The average molecular weight is 438 g/mol.